The molecule has 0 fully saturated rings. The molecule has 4 rings (SSSR count). The number of hydrogen-bond donors (Lipinski definition) is 1. The molecule has 1 aromatic carbocycles. The average molecular weight is 443 g/mol. The van der Waals surface area contributed by atoms with E-state index in [0.717, 1.165) is 28.0 Å². The number of fused-ring (bicyclic) bond motifs is 3. The first kappa shape index (κ1) is 21.3. The normalized spacial score (nSPS) is 16.5. The molecule has 8 nitrogen and oxygen atoms in total. The number of sulfonamides is 1. The van der Waals surface area contributed by atoms with E-state index in [1.165, 1.54) is 4.31 Å². The third-order valence-electron chi connectivity index (χ3n) is 6.03. The van der Waals surface area contributed by atoms with Gasteiger partial charge in [0.05, 0.1) is 15.9 Å². The number of rotatable bonds is 6. The van der Waals surface area contributed by atoms with E-state index in [2.05, 4.69) is 4.98 Å². The summed E-state index contributed by atoms with van der Waals surface area (Å²) < 4.78 is 29.7. The lowest BCUT2D eigenvalue weighted by Crippen LogP contribution is -2.40. The van der Waals surface area contributed by atoms with Crippen molar-refractivity contribution in [3.05, 3.63) is 53.9 Å². The van der Waals surface area contributed by atoms with Crippen molar-refractivity contribution in [1.82, 2.24) is 13.9 Å². The molecule has 2 aromatic heterocycles. The smallest absolute Gasteiger partial charge is 0.323 e. The Hall–Kier alpha value is -2.91. The number of carbonyl (C=O) groups is 1. The highest BCUT2D eigenvalue weighted by Gasteiger charge is 2.34. The number of likely N-dealkylation sites (N-methyl/N-ethyl adjacent to an activating group) is 1. The van der Waals surface area contributed by atoms with E-state index in [1.54, 1.807) is 48.1 Å². The summed E-state index contributed by atoms with van der Waals surface area (Å²) in [5.41, 5.74) is 4.35. The van der Waals surface area contributed by atoms with E-state index >= 15 is 0 Å². The Labute approximate surface area is 181 Å². The fourth-order valence-electron chi connectivity index (χ4n) is 4.34. The zero-order valence-electron chi connectivity index (χ0n) is 17.8. The number of anilines is 1. The molecule has 0 saturated carbocycles. The van der Waals surface area contributed by atoms with Crippen molar-refractivity contribution < 1.29 is 18.3 Å². The lowest BCUT2D eigenvalue weighted by molar-refractivity contribution is -0.137. The Balaban J connectivity index is 1.66. The maximum atomic E-state index is 13.3. The molecule has 2 heterocycles. The van der Waals surface area contributed by atoms with Crippen molar-refractivity contribution in [1.29, 1.82) is 0 Å². The van der Waals surface area contributed by atoms with Crippen LogP contribution in [0.2, 0.25) is 0 Å². The van der Waals surface area contributed by atoms with Crippen LogP contribution in [0.5, 0.6) is 0 Å². The van der Waals surface area contributed by atoms with Crippen LogP contribution in [0.4, 0.5) is 5.69 Å². The highest BCUT2D eigenvalue weighted by Crippen LogP contribution is 2.34. The van der Waals surface area contributed by atoms with Crippen molar-refractivity contribution >= 4 is 32.7 Å². The zero-order chi connectivity index (χ0) is 22.3. The molecule has 0 aliphatic heterocycles. The van der Waals surface area contributed by atoms with Gasteiger partial charge >= 0.3 is 5.97 Å². The highest BCUT2D eigenvalue weighted by atomic mass is 32.2. The molecule has 1 aliphatic carbocycles. The molecule has 0 saturated heterocycles. The van der Waals surface area contributed by atoms with Crippen LogP contribution in [0.15, 0.2) is 47.5 Å². The van der Waals surface area contributed by atoms with Crippen LogP contribution in [0.3, 0.4) is 0 Å². The van der Waals surface area contributed by atoms with Crippen LogP contribution in [-0.2, 0) is 34.2 Å². The fourth-order valence-corrected chi connectivity index (χ4v) is 5.72. The first-order valence-corrected chi connectivity index (χ1v) is 11.6. The summed E-state index contributed by atoms with van der Waals surface area (Å²) in [6.45, 7) is -0.130. The van der Waals surface area contributed by atoms with E-state index in [1.807, 2.05) is 25.1 Å². The largest absolute Gasteiger partial charge is 0.480 e. The summed E-state index contributed by atoms with van der Waals surface area (Å²) in [5, 5.41) is 9.34. The first-order chi connectivity index (χ1) is 14.7. The number of nitrogens with zero attached hydrogens (tertiary/aromatic N) is 4. The van der Waals surface area contributed by atoms with Crippen molar-refractivity contribution in [2.24, 2.45) is 0 Å². The Morgan fingerprint density at radius 1 is 1.19 bits per heavy atom. The first-order valence-electron chi connectivity index (χ1n) is 10.1. The molecule has 0 bridgehead atoms. The summed E-state index contributed by atoms with van der Waals surface area (Å²) in [7, 11) is 1.78. The SMILES string of the molecule is CN(C)c1ccc(S(=O)(=O)N(C)C2CCc3c(c4ncccc4n3CC(=O)O)C2)cc1. The van der Waals surface area contributed by atoms with E-state index in [9.17, 15) is 18.3 Å². The predicted molar refractivity (Wildman–Crippen MR) is 119 cm³/mol. The van der Waals surface area contributed by atoms with Crippen LogP contribution in [0, 0.1) is 0 Å². The molecule has 0 radical (unpaired) electrons. The summed E-state index contributed by atoms with van der Waals surface area (Å²) in [6, 6.07) is 10.3. The third kappa shape index (κ3) is 3.79. The van der Waals surface area contributed by atoms with Crippen LogP contribution in [0.1, 0.15) is 17.7 Å². The van der Waals surface area contributed by atoms with Crippen molar-refractivity contribution in [3.63, 3.8) is 0 Å². The van der Waals surface area contributed by atoms with Gasteiger partial charge in [-0.25, -0.2) is 8.42 Å². The second-order valence-electron chi connectivity index (χ2n) is 8.08. The molecular weight excluding hydrogens is 416 g/mol. The molecule has 1 atom stereocenters. The minimum Gasteiger partial charge on any atom is -0.480 e. The minimum absolute atomic E-state index is 0.130. The number of aromatic nitrogens is 2. The summed E-state index contributed by atoms with van der Waals surface area (Å²) in [6.07, 6.45) is 3.41. The molecule has 164 valence electrons. The highest BCUT2D eigenvalue weighted by molar-refractivity contribution is 7.89. The monoisotopic (exact) mass is 442 g/mol. The molecule has 0 amide bonds. The number of pyridine rings is 1. The molecular formula is C22H26N4O4S. The Kier molecular flexibility index (Phi) is 5.49. The fraction of sp³-hybridized carbons (Fsp3) is 0.364. The number of carboxylic acid groups (broad SMARTS) is 1. The van der Waals surface area contributed by atoms with Gasteiger partial charge in [-0.2, -0.15) is 4.31 Å². The molecule has 3 aromatic rings. The molecule has 1 N–H and O–H groups in total. The summed E-state index contributed by atoms with van der Waals surface area (Å²) in [5.74, 6) is -0.911. The third-order valence-corrected chi connectivity index (χ3v) is 7.95. The Morgan fingerprint density at radius 2 is 1.90 bits per heavy atom. The van der Waals surface area contributed by atoms with Gasteiger partial charge in [0.1, 0.15) is 6.54 Å². The average Bonchev–Trinajstić information content (AvgIpc) is 3.06. The van der Waals surface area contributed by atoms with E-state index < -0.39 is 16.0 Å². The number of aliphatic carboxylic acids is 1. The van der Waals surface area contributed by atoms with Gasteiger partial charge < -0.3 is 14.6 Å². The van der Waals surface area contributed by atoms with Crippen LogP contribution >= 0.6 is 0 Å². The van der Waals surface area contributed by atoms with E-state index in [0.29, 0.717) is 19.3 Å². The molecule has 0 spiro atoms. The molecule has 1 aliphatic rings. The van der Waals surface area contributed by atoms with Crippen LogP contribution in [-0.4, -0.2) is 60.5 Å². The zero-order valence-corrected chi connectivity index (χ0v) is 18.6. The molecule has 31 heavy (non-hydrogen) atoms. The van der Waals surface area contributed by atoms with Gasteiger partial charge in [0.15, 0.2) is 0 Å². The number of carboxylic acids is 1. The number of hydrogen-bond acceptors (Lipinski definition) is 5. The standard InChI is InChI=1S/C22H26N4O4S/c1-24(2)15-6-9-17(10-7-15)31(29,30)25(3)16-8-11-19-18(13-16)22-20(5-4-12-23-22)26(19)14-21(27)28/h4-7,9-10,12,16H,8,11,13-14H2,1-3H3,(H,27,28). The van der Waals surface area contributed by atoms with E-state index in [-0.39, 0.29) is 17.5 Å². The second kappa shape index (κ2) is 7.97. The molecule has 1 unspecified atom stereocenters. The van der Waals surface area contributed by atoms with Crippen LogP contribution < -0.4 is 4.90 Å². The van der Waals surface area contributed by atoms with Gasteiger partial charge in [0.25, 0.3) is 0 Å². The van der Waals surface area contributed by atoms with E-state index in [4.69, 9.17) is 0 Å². The van der Waals surface area contributed by atoms with Crippen molar-refractivity contribution in [2.75, 3.05) is 26.0 Å². The lowest BCUT2D eigenvalue weighted by Gasteiger charge is -2.31. The number of benzene rings is 1. The van der Waals surface area contributed by atoms with Crippen molar-refractivity contribution in [3.8, 4) is 0 Å². The minimum atomic E-state index is -3.66. The lowest BCUT2D eigenvalue weighted by atomic mass is 9.92. The quantitative estimate of drug-likeness (QED) is 0.630. The maximum absolute atomic E-state index is 13.3. The van der Waals surface area contributed by atoms with Gasteiger partial charge in [-0.1, -0.05) is 0 Å². The second-order valence-corrected chi connectivity index (χ2v) is 10.1. The summed E-state index contributed by atoms with van der Waals surface area (Å²) in [4.78, 5) is 18.0. The van der Waals surface area contributed by atoms with Crippen LogP contribution in [0.25, 0.3) is 11.0 Å². The van der Waals surface area contributed by atoms with Crippen molar-refractivity contribution in [2.45, 2.75) is 36.7 Å². The van der Waals surface area contributed by atoms with Gasteiger partial charge in [-0.15, -0.1) is 0 Å². The maximum Gasteiger partial charge on any atom is 0.323 e. The predicted octanol–water partition coefficient (Wildman–Crippen LogP) is 2.36. The Morgan fingerprint density at radius 3 is 2.55 bits per heavy atom. The summed E-state index contributed by atoms with van der Waals surface area (Å²) >= 11 is 0. The topological polar surface area (TPSA) is 95.7 Å². The van der Waals surface area contributed by atoms with Gasteiger partial charge in [0.2, 0.25) is 10.0 Å². The van der Waals surface area contributed by atoms with Gasteiger partial charge in [-0.05, 0) is 55.7 Å². The van der Waals surface area contributed by atoms with Gasteiger partial charge in [0, 0.05) is 50.3 Å². The van der Waals surface area contributed by atoms with Gasteiger partial charge in [-0.3, -0.25) is 9.78 Å². The molecule has 9 heteroatoms. The Bertz CT molecular complexity index is 1230.